The second-order valence-electron chi connectivity index (χ2n) is 5.03. The highest BCUT2D eigenvalue weighted by atomic mass is 16.3. The van der Waals surface area contributed by atoms with E-state index < -0.39 is 0 Å². The van der Waals surface area contributed by atoms with E-state index >= 15 is 0 Å². The number of benzene rings is 1. The standard InChI is InChI=1S/C16H26N2O/c1-4-9-18(10-11-19)15-7-5-14(6-8-15)12-16(17)13(2)3/h5-8,16,19H,2,4,9-12,17H2,1,3H3. The van der Waals surface area contributed by atoms with Gasteiger partial charge >= 0.3 is 0 Å². The fraction of sp³-hybridized carbons (Fsp3) is 0.500. The lowest BCUT2D eigenvalue weighted by molar-refractivity contribution is 0.302. The van der Waals surface area contributed by atoms with Gasteiger partial charge in [0.1, 0.15) is 0 Å². The normalized spacial score (nSPS) is 12.2. The van der Waals surface area contributed by atoms with Crippen LogP contribution in [0.25, 0.3) is 0 Å². The Kier molecular flexibility index (Phi) is 6.60. The first kappa shape index (κ1) is 15.7. The van der Waals surface area contributed by atoms with Crippen LogP contribution in [-0.4, -0.2) is 30.8 Å². The highest BCUT2D eigenvalue weighted by Crippen LogP contribution is 2.17. The molecular formula is C16H26N2O. The molecule has 0 amide bonds. The van der Waals surface area contributed by atoms with Crippen molar-refractivity contribution in [3.8, 4) is 0 Å². The van der Waals surface area contributed by atoms with E-state index in [4.69, 9.17) is 10.8 Å². The van der Waals surface area contributed by atoms with Crippen molar-refractivity contribution in [2.45, 2.75) is 32.7 Å². The number of anilines is 1. The molecule has 0 saturated carbocycles. The highest BCUT2D eigenvalue weighted by Gasteiger charge is 2.07. The molecule has 3 N–H and O–H groups in total. The van der Waals surface area contributed by atoms with E-state index in [1.54, 1.807) is 0 Å². The number of aliphatic hydroxyl groups is 1. The molecule has 0 heterocycles. The summed E-state index contributed by atoms with van der Waals surface area (Å²) in [6.07, 6.45) is 1.89. The van der Waals surface area contributed by atoms with Crippen molar-refractivity contribution in [2.75, 3.05) is 24.6 Å². The average molecular weight is 262 g/mol. The number of hydrogen-bond acceptors (Lipinski definition) is 3. The smallest absolute Gasteiger partial charge is 0.0606 e. The van der Waals surface area contributed by atoms with Gasteiger partial charge in [-0.15, -0.1) is 0 Å². The van der Waals surface area contributed by atoms with Gasteiger partial charge in [0.25, 0.3) is 0 Å². The molecule has 0 aliphatic rings. The van der Waals surface area contributed by atoms with Crippen molar-refractivity contribution in [1.82, 2.24) is 0 Å². The van der Waals surface area contributed by atoms with Gasteiger partial charge < -0.3 is 15.7 Å². The van der Waals surface area contributed by atoms with Crippen LogP contribution >= 0.6 is 0 Å². The van der Waals surface area contributed by atoms with Crippen molar-refractivity contribution < 1.29 is 5.11 Å². The Labute approximate surface area is 116 Å². The molecule has 0 aromatic heterocycles. The molecule has 106 valence electrons. The lowest BCUT2D eigenvalue weighted by Crippen LogP contribution is -2.27. The fourth-order valence-corrected chi connectivity index (χ4v) is 2.03. The highest BCUT2D eigenvalue weighted by molar-refractivity contribution is 5.47. The molecule has 3 heteroatoms. The number of nitrogens with two attached hydrogens (primary N) is 1. The summed E-state index contributed by atoms with van der Waals surface area (Å²) in [4.78, 5) is 2.20. The van der Waals surface area contributed by atoms with Gasteiger partial charge in [0.05, 0.1) is 6.61 Å². The molecule has 0 fully saturated rings. The first-order chi connectivity index (χ1) is 9.08. The van der Waals surface area contributed by atoms with E-state index in [1.165, 1.54) is 5.56 Å². The molecule has 19 heavy (non-hydrogen) atoms. The molecule has 1 aromatic carbocycles. The number of aliphatic hydroxyl groups excluding tert-OH is 1. The average Bonchev–Trinajstić information content (AvgIpc) is 2.39. The molecule has 0 aliphatic carbocycles. The lowest BCUT2D eigenvalue weighted by atomic mass is 10.0. The Hall–Kier alpha value is -1.32. The Morgan fingerprint density at radius 1 is 1.32 bits per heavy atom. The fourth-order valence-electron chi connectivity index (χ4n) is 2.03. The Balaban J connectivity index is 2.71. The van der Waals surface area contributed by atoms with Gasteiger partial charge in [0.15, 0.2) is 0 Å². The number of nitrogens with zero attached hydrogens (tertiary/aromatic N) is 1. The molecule has 0 bridgehead atoms. The van der Waals surface area contributed by atoms with Crippen LogP contribution in [0.5, 0.6) is 0 Å². The second kappa shape index (κ2) is 7.97. The minimum absolute atomic E-state index is 0.0232. The molecule has 1 atom stereocenters. The van der Waals surface area contributed by atoms with Crippen molar-refractivity contribution in [3.05, 3.63) is 42.0 Å². The maximum absolute atomic E-state index is 9.09. The first-order valence-electron chi connectivity index (χ1n) is 6.94. The SMILES string of the molecule is C=C(C)C(N)Cc1ccc(N(CCC)CCO)cc1. The maximum Gasteiger partial charge on any atom is 0.0606 e. The Bertz CT molecular complexity index is 380. The number of rotatable bonds is 8. The lowest BCUT2D eigenvalue weighted by Gasteiger charge is -2.23. The van der Waals surface area contributed by atoms with E-state index in [-0.39, 0.29) is 12.6 Å². The van der Waals surface area contributed by atoms with Gasteiger partial charge in [-0.25, -0.2) is 0 Å². The molecule has 3 nitrogen and oxygen atoms in total. The van der Waals surface area contributed by atoms with Crippen molar-refractivity contribution >= 4 is 5.69 Å². The second-order valence-corrected chi connectivity index (χ2v) is 5.03. The Morgan fingerprint density at radius 3 is 2.42 bits per heavy atom. The summed E-state index contributed by atoms with van der Waals surface area (Å²) in [5, 5.41) is 9.09. The zero-order chi connectivity index (χ0) is 14.3. The van der Waals surface area contributed by atoms with E-state index in [2.05, 4.69) is 42.7 Å². The number of hydrogen-bond donors (Lipinski definition) is 2. The van der Waals surface area contributed by atoms with Crippen molar-refractivity contribution in [2.24, 2.45) is 5.73 Å². The van der Waals surface area contributed by atoms with Crippen LogP contribution in [0.3, 0.4) is 0 Å². The summed E-state index contributed by atoms with van der Waals surface area (Å²) < 4.78 is 0. The van der Waals surface area contributed by atoms with Crippen LogP contribution in [0.15, 0.2) is 36.4 Å². The minimum atomic E-state index is 0.0232. The predicted octanol–water partition coefficient (Wildman–Crippen LogP) is 2.34. The van der Waals surface area contributed by atoms with E-state index in [1.807, 2.05) is 6.92 Å². The summed E-state index contributed by atoms with van der Waals surface area (Å²) >= 11 is 0. The molecule has 0 spiro atoms. The summed E-state index contributed by atoms with van der Waals surface area (Å²) in [5.41, 5.74) is 9.39. The van der Waals surface area contributed by atoms with Crippen LogP contribution in [0, 0.1) is 0 Å². The summed E-state index contributed by atoms with van der Waals surface area (Å²) in [7, 11) is 0. The minimum Gasteiger partial charge on any atom is -0.395 e. The first-order valence-corrected chi connectivity index (χ1v) is 6.94. The molecule has 0 saturated heterocycles. The molecule has 1 unspecified atom stereocenters. The molecule has 1 rings (SSSR count). The third kappa shape index (κ3) is 5.05. The summed E-state index contributed by atoms with van der Waals surface area (Å²) in [5.74, 6) is 0. The molecule has 0 radical (unpaired) electrons. The van der Waals surface area contributed by atoms with Crippen LogP contribution in [0.4, 0.5) is 5.69 Å². The Morgan fingerprint density at radius 2 is 1.95 bits per heavy atom. The zero-order valence-corrected chi connectivity index (χ0v) is 12.1. The monoisotopic (exact) mass is 262 g/mol. The van der Waals surface area contributed by atoms with E-state index in [0.29, 0.717) is 6.54 Å². The van der Waals surface area contributed by atoms with Crippen LogP contribution in [0.2, 0.25) is 0 Å². The molecular weight excluding hydrogens is 236 g/mol. The van der Waals surface area contributed by atoms with Gasteiger partial charge in [-0.2, -0.15) is 0 Å². The third-order valence-corrected chi connectivity index (χ3v) is 3.25. The van der Waals surface area contributed by atoms with E-state index in [9.17, 15) is 0 Å². The predicted molar refractivity (Wildman–Crippen MR) is 82.5 cm³/mol. The maximum atomic E-state index is 9.09. The van der Waals surface area contributed by atoms with Gasteiger partial charge in [-0.3, -0.25) is 0 Å². The van der Waals surface area contributed by atoms with Crippen molar-refractivity contribution in [3.63, 3.8) is 0 Å². The molecule has 0 aliphatic heterocycles. The quantitative estimate of drug-likeness (QED) is 0.707. The van der Waals surface area contributed by atoms with Crippen LogP contribution in [-0.2, 0) is 6.42 Å². The van der Waals surface area contributed by atoms with Crippen LogP contribution in [0.1, 0.15) is 25.8 Å². The summed E-state index contributed by atoms with van der Waals surface area (Å²) in [6, 6.07) is 8.45. The topological polar surface area (TPSA) is 49.5 Å². The third-order valence-electron chi connectivity index (χ3n) is 3.25. The van der Waals surface area contributed by atoms with Gasteiger partial charge in [-0.1, -0.05) is 31.2 Å². The largest absolute Gasteiger partial charge is 0.395 e. The van der Waals surface area contributed by atoms with Gasteiger partial charge in [0, 0.05) is 24.8 Å². The zero-order valence-electron chi connectivity index (χ0n) is 12.1. The van der Waals surface area contributed by atoms with Gasteiger partial charge in [0.2, 0.25) is 0 Å². The van der Waals surface area contributed by atoms with E-state index in [0.717, 1.165) is 30.6 Å². The van der Waals surface area contributed by atoms with Crippen molar-refractivity contribution in [1.29, 1.82) is 0 Å². The van der Waals surface area contributed by atoms with Gasteiger partial charge in [-0.05, 0) is 37.5 Å². The van der Waals surface area contributed by atoms with Crippen LogP contribution < -0.4 is 10.6 Å². The molecule has 1 aromatic rings. The summed E-state index contributed by atoms with van der Waals surface area (Å²) in [6.45, 7) is 9.82.